The lowest BCUT2D eigenvalue weighted by Gasteiger charge is -2.19. The molecule has 0 aliphatic carbocycles. The highest BCUT2D eigenvalue weighted by Gasteiger charge is 2.34. The molecule has 1 saturated heterocycles. The number of thioether (sulfide) groups is 1. The van der Waals surface area contributed by atoms with E-state index in [9.17, 15) is 9.90 Å². The van der Waals surface area contributed by atoms with Crippen LogP contribution in [0.3, 0.4) is 0 Å². The number of aliphatic hydroxyl groups is 1. The molecule has 0 spiro atoms. The summed E-state index contributed by atoms with van der Waals surface area (Å²) in [6, 6.07) is 25.7. The first-order valence-electron chi connectivity index (χ1n) is 11.0. The normalized spacial score (nSPS) is 16.7. The van der Waals surface area contributed by atoms with Crippen molar-refractivity contribution in [2.45, 2.75) is 39.3 Å². The maximum atomic E-state index is 13.3. The molecule has 5 heteroatoms. The smallest absolute Gasteiger partial charge is 0.271 e. The van der Waals surface area contributed by atoms with Crippen LogP contribution >= 0.6 is 11.8 Å². The van der Waals surface area contributed by atoms with Crippen LogP contribution < -0.4 is 4.90 Å². The third-order valence-electron chi connectivity index (χ3n) is 5.50. The van der Waals surface area contributed by atoms with Crippen LogP contribution in [0.15, 0.2) is 88.8 Å². The fraction of sp³-hybridized carbons (Fsp3) is 0.214. The molecule has 33 heavy (non-hydrogen) atoms. The first-order chi connectivity index (χ1) is 15.8. The second kappa shape index (κ2) is 9.77. The molecule has 3 aromatic carbocycles. The summed E-state index contributed by atoms with van der Waals surface area (Å²) in [7, 11) is 0. The van der Waals surface area contributed by atoms with Crippen LogP contribution in [0.5, 0.6) is 0 Å². The zero-order chi connectivity index (χ0) is 23.4. The van der Waals surface area contributed by atoms with Gasteiger partial charge in [0.15, 0.2) is 5.17 Å². The van der Waals surface area contributed by atoms with Crippen LogP contribution in [0.4, 0.5) is 5.69 Å². The van der Waals surface area contributed by atoms with E-state index in [4.69, 9.17) is 4.99 Å². The molecule has 1 fully saturated rings. The molecule has 0 aromatic heterocycles. The van der Waals surface area contributed by atoms with Crippen molar-refractivity contribution in [1.82, 2.24) is 0 Å². The van der Waals surface area contributed by atoms with E-state index < -0.39 is 0 Å². The van der Waals surface area contributed by atoms with Gasteiger partial charge in [-0.15, -0.1) is 0 Å². The standard InChI is InChI=1S/C28H28N2O2S/c1-28(2,3)23-15-13-21(14-16-23)18-29-27-30(24-7-5-4-6-8-24)26(32)25(33-27)17-20-9-11-22(19-31)12-10-20/h4-17,31H,18-19H2,1-3H3/b25-17-,29-27?. The largest absolute Gasteiger partial charge is 0.392 e. The minimum absolute atomic E-state index is 0.000144. The van der Waals surface area contributed by atoms with E-state index in [1.54, 1.807) is 4.90 Å². The van der Waals surface area contributed by atoms with Crippen LogP contribution in [0.1, 0.15) is 43.0 Å². The Morgan fingerprint density at radius 2 is 1.55 bits per heavy atom. The molecule has 1 heterocycles. The highest BCUT2D eigenvalue weighted by molar-refractivity contribution is 8.19. The fourth-order valence-corrected chi connectivity index (χ4v) is 4.50. The molecule has 0 unspecified atom stereocenters. The van der Waals surface area contributed by atoms with Gasteiger partial charge in [-0.2, -0.15) is 0 Å². The predicted octanol–water partition coefficient (Wildman–Crippen LogP) is 6.15. The summed E-state index contributed by atoms with van der Waals surface area (Å²) in [4.78, 5) is 20.5. The Balaban J connectivity index is 1.62. The second-order valence-electron chi connectivity index (χ2n) is 9.03. The highest BCUT2D eigenvalue weighted by Crippen LogP contribution is 2.36. The number of rotatable bonds is 5. The Morgan fingerprint density at radius 3 is 2.15 bits per heavy atom. The van der Waals surface area contributed by atoms with E-state index >= 15 is 0 Å². The van der Waals surface area contributed by atoms with Crippen LogP contribution in [-0.2, 0) is 23.4 Å². The number of para-hydroxylation sites is 1. The Morgan fingerprint density at radius 1 is 0.909 bits per heavy atom. The van der Waals surface area contributed by atoms with Gasteiger partial charge in [-0.25, -0.2) is 0 Å². The van der Waals surface area contributed by atoms with Gasteiger partial charge in [0, 0.05) is 0 Å². The molecule has 3 aromatic rings. The number of carbonyl (C=O) groups is 1. The van der Waals surface area contributed by atoms with Gasteiger partial charge < -0.3 is 5.11 Å². The molecule has 0 bridgehead atoms. The number of hydrogen-bond donors (Lipinski definition) is 1. The number of amidine groups is 1. The lowest BCUT2D eigenvalue weighted by Crippen LogP contribution is -2.28. The number of anilines is 1. The number of carbonyl (C=O) groups excluding carboxylic acids is 1. The van der Waals surface area contributed by atoms with Crippen molar-refractivity contribution in [1.29, 1.82) is 0 Å². The van der Waals surface area contributed by atoms with Gasteiger partial charge in [0.1, 0.15) is 0 Å². The first-order valence-corrected chi connectivity index (χ1v) is 11.8. The Bertz CT molecular complexity index is 1180. The lowest BCUT2D eigenvalue weighted by molar-refractivity contribution is -0.113. The van der Waals surface area contributed by atoms with Crippen molar-refractivity contribution in [3.63, 3.8) is 0 Å². The Labute approximate surface area is 199 Å². The van der Waals surface area contributed by atoms with E-state index in [1.165, 1.54) is 17.3 Å². The molecule has 0 atom stereocenters. The van der Waals surface area contributed by atoms with Gasteiger partial charge in [-0.3, -0.25) is 14.7 Å². The molecule has 0 saturated carbocycles. The number of aliphatic hydroxyl groups excluding tert-OH is 1. The Hall–Kier alpha value is -3.15. The topological polar surface area (TPSA) is 52.9 Å². The monoisotopic (exact) mass is 456 g/mol. The zero-order valence-electron chi connectivity index (χ0n) is 19.2. The van der Waals surface area contributed by atoms with Gasteiger partial charge in [0.25, 0.3) is 5.91 Å². The summed E-state index contributed by atoms with van der Waals surface area (Å²) in [6.07, 6.45) is 1.88. The first kappa shape index (κ1) is 23.0. The van der Waals surface area contributed by atoms with E-state index in [1.807, 2.05) is 60.7 Å². The van der Waals surface area contributed by atoms with Crippen molar-refractivity contribution in [3.8, 4) is 0 Å². The number of amides is 1. The van der Waals surface area contributed by atoms with Crippen LogP contribution in [0.25, 0.3) is 6.08 Å². The highest BCUT2D eigenvalue weighted by atomic mass is 32.2. The SMILES string of the molecule is CC(C)(C)c1ccc(CN=C2S/C(=C\c3ccc(CO)cc3)C(=O)N2c2ccccc2)cc1. The van der Waals surface area contributed by atoms with Gasteiger partial charge in [0.05, 0.1) is 23.7 Å². The van der Waals surface area contributed by atoms with Crippen molar-refractivity contribution in [2.75, 3.05) is 4.90 Å². The maximum absolute atomic E-state index is 13.3. The van der Waals surface area contributed by atoms with E-state index in [-0.39, 0.29) is 17.9 Å². The van der Waals surface area contributed by atoms with Crippen molar-refractivity contribution < 1.29 is 9.90 Å². The molecule has 1 aliphatic rings. The van der Waals surface area contributed by atoms with E-state index in [0.717, 1.165) is 22.4 Å². The van der Waals surface area contributed by atoms with Gasteiger partial charge in [0.2, 0.25) is 0 Å². The van der Waals surface area contributed by atoms with E-state index in [0.29, 0.717) is 16.6 Å². The molecule has 0 radical (unpaired) electrons. The van der Waals surface area contributed by atoms with Gasteiger partial charge in [-0.1, -0.05) is 87.5 Å². The number of nitrogens with zero attached hydrogens (tertiary/aromatic N) is 2. The third-order valence-corrected chi connectivity index (χ3v) is 6.50. The summed E-state index contributed by atoms with van der Waals surface area (Å²) in [5.41, 5.74) is 5.05. The summed E-state index contributed by atoms with van der Waals surface area (Å²) >= 11 is 1.39. The molecule has 1 N–H and O–H groups in total. The molecular formula is C28H28N2O2S. The van der Waals surface area contributed by atoms with Crippen molar-refractivity contribution in [3.05, 3.63) is 106 Å². The minimum atomic E-state index is -0.0840. The molecule has 1 aliphatic heterocycles. The summed E-state index contributed by atoms with van der Waals surface area (Å²) in [5, 5.41) is 9.93. The number of hydrogen-bond acceptors (Lipinski definition) is 4. The van der Waals surface area contributed by atoms with Crippen molar-refractivity contribution in [2.24, 2.45) is 4.99 Å². The summed E-state index contributed by atoms with van der Waals surface area (Å²) in [6.45, 7) is 7.10. The number of aliphatic imine (C=N–C) groups is 1. The van der Waals surface area contributed by atoms with Gasteiger partial charge in [-0.05, 0) is 57.6 Å². The summed E-state index contributed by atoms with van der Waals surface area (Å²) in [5.74, 6) is -0.0840. The molecule has 4 rings (SSSR count). The zero-order valence-corrected chi connectivity index (χ0v) is 20.0. The molecule has 4 nitrogen and oxygen atoms in total. The molecule has 168 valence electrons. The van der Waals surface area contributed by atoms with Crippen LogP contribution in [0, 0.1) is 0 Å². The average molecular weight is 457 g/mol. The van der Waals surface area contributed by atoms with E-state index in [2.05, 4.69) is 45.0 Å². The third kappa shape index (κ3) is 5.44. The van der Waals surface area contributed by atoms with Gasteiger partial charge >= 0.3 is 0 Å². The fourth-order valence-electron chi connectivity index (χ4n) is 3.52. The van der Waals surface area contributed by atoms with Crippen LogP contribution in [-0.4, -0.2) is 16.2 Å². The van der Waals surface area contributed by atoms with Crippen molar-refractivity contribution >= 4 is 34.6 Å². The molecule has 1 amide bonds. The predicted molar refractivity (Wildman–Crippen MR) is 138 cm³/mol. The number of benzene rings is 3. The molecular weight excluding hydrogens is 428 g/mol. The second-order valence-corrected chi connectivity index (χ2v) is 10.0. The lowest BCUT2D eigenvalue weighted by atomic mass is 9.87. The quantitative estimate of drug-likeness (QED) is 0.468. The maximum Gasteiger partial charge on any atom is 0.271 e. The minimum Gasteiger partial charge on any atom is -0.392 e. The van der Waals surface area contributed by atoms with Crippen LogP contribution in [0.2, 0.25) is 0 Å². The Kier molecular flexibility index (Phi) is 6.82. The average Bonchev–Trinajstić information content (AvgIpc) is 3.13. The summed E-state index contributed by atoms with van der Waals surface area (Å²) < 4.78 is 0.